The Morgan fingerprint density at radius 2 is 2.10 bits per heavy atom. The zero-order chi connectivity index (χ0) is 15.1. The van der Waals surface area contributed by atoms with Crippen LogP contribution >= 0.6 is 0 Å². The van der Waals surface area contributed by atoms with Crippen molar-refractivity contribution < 1.29 is 4.74 Å². The largest absolute Gasteiger partial charge is 0.384 e. The molecule has 0 aromatic carbocycles. The van der Waals surface area contributed by atoms with Crippen molar-refractivity contribution in [2.24, 2.45) is 11.8 Å². The van der Waals surface area contributed by atoms with Gasteiger partial charge in [-0.3, -0.25) is 0 Å². The van der Waals surface area contributed by atoms with Gasteiger partial charge in [0.2, 0.25) is 0 Å². The van der Waals surface area contributed by atoms with Gasteiger partial charge in [-0.15, -0.1) is 0 Å². The molecule has 0 saturated carbocycles. The van der Waals surface area contributed by atoms with Crippen LogP contribution < -0.4 is 10.2 Å². The van der Waals surface area contributed by atoms with E-state index in [1.54, 1.807) is 7.11 Å². The summed E-state index contributed by atoms with van der Waals surface area (Å²) in [6.07, 6.45) is 4.41. The van der Waals surface area contributed by atoms with Gasteiger partial charge in [0, 0.05) is 39.5 Å². The molecule has 0 spiro atoms. The van der Waals surface area contributed by atoms with Gasteiger partial charge >= 0.3 is 0 Å². The van der Waals surface area contributed by atoms with Crippen molar-refractivity contribution in [3.8, 4) is 0 Å². The number of piperidine rings is 1. The Labute approximate surface area is 128 Å². The van der Waals surface area contributed by atoms with E-state index >= 15 is 0 Å². The molecule has 1 aromatic heterocycles. The quantitative estimate of drug-likeness (QED) is 0.838. The van der Waals surface area contributed by atoms with Gasteiger partial charge in [-0.05, 0) is 42.9 Å². The van der Waals surface area contributed by atoms with Crippen LogP contribution in [0.5, 0.6) is 0 Å². The Kier molecular flexibility index (Phi) is 6.46. The van der Waals surface area contributed by atoms with Crippen LogP contribution in [0.2, 0.25) is 0 Å². The number of pyridine rings is 1. The molecule has 4 nitrogen and oxygen atoms in total. The van der Waals surface area contributed by atoms with Gasteiger partial charge in [-0.25, -0.2) is 4.98 Å². The second-order valence-corrected chi connectivity index (χ2v) is 6.44. The van der Waals surface area contributed by atoms with E-state index in [0.29, 0.717) is 11.8 Å². The Morgan fingerprint density at radius 3 is 2.67 bits per heavy atom. The van der Waals surface area contributed by atoms with E-state index in [1.165, 1.54) is 18.4 Å². The summed E-state index contributed by atoms with van der Waals surface area (Å²) >= 11 is 0. The highest BCUT2D eigenvalue weighted by Gasteiger charge is 2.19. The van der Waals surface area contributed by atoms with Crippen molar-refractivity contribution in [2.75, 3.05) is 38.3 Å². The van der Waals surface area contributed by atoms with Gasteiger partial charge < -0.3 is 15.0 Å². The third kappa shape index (κ3) is 5.29. The van der Waals surface area contributed by atoms with E-state index in [4.69, 9.17) is 4.74 Å². The van der Waals surface area contributed by atoms with E-state index in [1.807, 2.05) is 6.20 Å². The van der Waals surface area contributed by atoms with Crippen molar-refractivity contribution in [3.63, 3.8) is 0 Å². The van der Waals surface area contributed by atoms with E-state index in [-0.39, 0.29) is 0 Å². The maximum Gasteiger partial charge on any atom is 0.128 e. The summed E-state index contributed by atoms with van der Waals surface area (Å²) in [5.74, 6) is 2.51. The molecule has 118 valence electrons. The second-order valence-electron chi connectivity index (χ2n) is 6.44. The summed E-state index contributed by atoms with van der Waals surface area (Å²) in [5.41, 5.74) is 1.26. The minimum atomic E-state index is 0.686. The first-order valence-electron chi connectivity index (χ1n) is 8.08. The van der Waals surface area contributed by atoms with Crippen LogP contribution in [0.25, 0.3) is 0 Å². The highest BCUT2D eigenvalue weighted by Crippen LogP contribution is 2.22. The van der Waals surface area contributed by atoms with E-state index in [2.05, 4.69) is 41.2 Å². The maximum absolute atomic E-state index is 5.25. The summed E-state index contributed by atoms with van der Waals surface area (Å²) < 4.78 is 5.25. The molecule has 1 aliphatic rings. The predicted molar refractivity (Wildman–Crippen MR) is 87.6 cm³/mol. The summed E-state index contributed by atoms with van der Waals surface area (Å²) in [4.78, 5) is 7.01. The van der Waals surface area contributed by atoms with Crippen LogP contribution in [-0.4, -0.2) is 38.3 Å². The van der Waals surface area contributed by atoms with Gasteiger partial charge in [0.15, 0.2) is 0 Å². The predicted octanol–water partition coefficient (Wildman–Crippen LogP) is 2.69. The lowest BCUT2D eigenvalue weighted by molar-refractivity contribution is 0.139. The van der Waals surface area contributed by atoms with Crippen LogP contribution in [0.15, 0.2) is 18.3 Å². The minimum absolute atomic E-state index is 0.686. The molecule has 1 saturated heterocycles. The van der Waals surface area contributed by atoms with Crippen molar-refractivity contribution >= 4 is 5.82 Å². The fourth-order valence-electron chi connectivity index (χ4n) is 2.78. The molecule has 21 heavy (non-hydrogen) atoms. The number of nitrogens with zero attached hydrogens (tertiary/aromatic N) is 2. The van der Waals surface area contributed by atoms with Crippen molar-refractivity contribution in [1.29, 1.82) is 0 Å². The molecule has 1 aliphatic heterocycles. The van der Waals surface area contributed by atoms with Crippen LogP contribution in [0.1, 0.15) is 32.3 Å². The smallest absolute Gasteiger partial charge is 0.128 e. The zero-order valence-electron chi connectivity index (χ0n) is 13.6. The van der Waals surface area contributed by atoms with Crippen LogP contribution in [-0.2, 0) is 11.3 Å². The van der Waals surface area contributed by atoms with E-state index in [9.17, 15) is 0 Å². The highest BCUT2D eigenvalue weighted by atomic mass is 16.5. The molecule has 1 N–H and O–H groups in total. The lowest BCUT2D eigenvalue weighted by Crippen LogP contribution is -2.35. The molecule has 0 atom stereocenters. The summed E-state index contributed by atoms with van der Waals surface area (Å²) in [7, 11) is 1.79. The van der Waals surface area contributed by atoms with Gasteiger partial charge in [-0.1, -0.05) is 19.9 Å². The van der Waals surface area contributed by atoms with Crippen molar-refractivity contribution in [2.45, 2.75) is 33.2 Å². The Morgan fingerprint density at radius 1 is 1.33 bits per heavy atom. The third-order valence-electron chi connectivity index (χ3n) is 4.03. The molecule has 0 radical (unpaired) electrons. The van der Waals surface area contributed by atoms with Gasteiger partial charge in [-0.2, -0.15) is 0 Å². The first-order chi connectivity index (χ1) is 10.2. The zero-order valence-corrected chi connectivity index (χ0v) is 13.6. The molecule has 0 aliphatic carbocycles. The molecule has 0 unspecified atom stereocenters. The number of rotatable bonds is 7. The number of nitrogens with one attached hydrogen (secondary N) is 1. The van der Waals surface area contributed by atoms with Crippen molar-refractivity contribution in [1.82, 2.24) is 10.3 Å². The first kappa shape index (κ1) is 16.2. The lowest BCUT2D eigenvalue weighted by Gasteiger charge is -2.32. The summed E-state index contributed by atoms with van der Waals surface area (Å²) in [6.45, 7) is 9.47. The minimum Gasteiger partial charge on any atom is -0.384 e. The van der Waals surface area contributed by atoms with Crippen LogP contribution in [0.3, 0.4) is 0 Å². The fraction of sp³-hybridized carbons (Fsp3) is 0.706. The van der Waals surface area contributed by atoms with Gasteiger partial charge in [0.25, 0.3) is 0 Å². The molecule has 0 amide bonds. The number of hydrogen-bond acceptors (Lipinski definition) is 4. The number of ether oxygens (including phenoxy) is 1. The highest BCUT2D eigenvalue weighted by molar-refractivity contribution is 5.39. The summed E-state index contributed by atoms with van der Waals surface area (Å²) in [5, 5.41) is 3.45. The normalized spacial score (nSPS) is 16.7. The molecular weight excluding hydrogens is 262 g/mol. The van der Waals surface area contributed by atoms with Crippen molar-refractivity contribution in [3.05, 3.63) is 23.9 Å². The number of methoxy groups -OCH3 is 1. The summed E-state index contributed by atoms with van der Waals surface area (Å²) in [6, 6.07) is 4.35. The molecule has 1 fully saturated rings. The molecule has 1 aromatic rings. The molecule has 2 rings (SSSR count). The average Bonchev–Trinajstić information content (AvgIpc) is 2.49. The average molecular weight is 291 g/mol. The SMILES string of the molecule is COCC1CCN(c2ccc(CNCC(C)C)cn2)CC1. The van der Waals surface area contributed by atoms with E-state index < -0.39 is 0 Å². The third-order valence-corrected chi connectivity index (χ3v) is 4.03. The van der Waals surface area contributed by atoms with Gasteiger partial charge in [0.1, 0.15) is 5.82 Å². The number of hydrogen-bond donors (Lipinski definition) is 1. The van der Waals surface area contributed by atoms with E-state index in [0.717, 1.165) is 38.6 Å². The monoisotopic (exact) mass is 291 g/mol. The lowest BCUT2D eigenvalue weighted by atomic mass is 9.98. The fourth-order valence-corrected chi connectivity index (χ4v) is 2.78. The maximum atomic E-state index is 5.25. The molecule has 4 heteroatoms. The van der Waals surface area contributed by atoms with Crippen LogP contribution in [0, 0.1) is 11.8 Å². The topological polar surface area (TPSA) is 37.4 Å². The number of aromatic nitrogens is 1. The second kappa shape index (κ2) is 8.35. The Bertz CT molecular complexity index is 397. The first-order valence-corrected chi connectivity index (χ1v) is 8.08. The molecule has 2 heterocycles. The number of anilines is 1. The van der Waals surface area contributed by atoms with Crippen LogP contribution in [0.4, 0.5) is 5.82 Å². The van der Waals surface area contributed by atoms with Gasteiger partial charge in [0.05, 0.1) is 0 Å². The molecular formula is C17H29N3O. The molecule has 0 bridgehead atoms. The Balaban J connectivity index is 1.79. The standard InChI is InChI=1S/C17H29N3O/c1-14(2)10-18-11-16-4-5-17(19-12-16)20-8-6-15(7-9-20)13-21-3/h4-5,12,14-15,18H,6-11,13H2,1-3H3. The Hall–Kier alpha value is -1.13.